The van der Waals surface area contributed by atoms with Crippen molar-refractivity contribution in [2.75, 3.05) is 0 Å². The Morgan fingerprint density at radius 3 is 2.40 bits per heavy atom. The summed E-state index contributed by atoms with van der Waals surface area (Å²) in [6, 6.07) is 5.01. The third-order valence-corrected chi connectivity index (χ3v) is 2.58. The van der Waals surface area contributed by atoms with E-state index in [4.69, 9.17) is 5.11 Å². The lowest BCUT2D eigenvalue weighted by Gasteiger charge is -2.12. The summed E-state index contributed by atoms with van der Waals surface area (Å²) in [5.74, 6) is -2.53. The Bertz CT molecular complexity index is 668. The van der Waals surface area contributed by atoms with Gasteiger partial charge < -0.3 is 5.11 Å². The van der Waals surface area contributed by atoms with E-state index in [0.717, 1.165) is 18.3 Å². The fraction of sp³-hybridized carbons (Fsp3) is 0.0769. The molecule has 0 amide bonds. The van der Waals surface area contributed by atoms with E-state index in [1.165, 1.54) is 12.1 Å². The number of hydrogen-bond acceptors (Lipinski definition) is 2. The molecular formula is C13H7F4NO2. The van der Waals surface area contributed by atoms with Crippen LogP contribution in [0.5, 0.6) is 0 Å². The number of carbonyl (C=O) groups is 1. The summed E-state index contributed by atoms with van der Waals surface area (Å²) in [5, 5.41) is 8.67. The van der Waals surface area contributed by atoms with Crippen LogP contribution in [0, 0.1) is 5.82 Å². The average Bonchev–Trinajstić information content (AvgIpc) is 2.37. The molecule has 3 nitrogen and oxygen atoms in total. The van der Waals surface area contributed by atoms with Crippen LogP contribution in [-0.2, 0) is 6.18 Å². The highest BCUT2D eigenvalue weighted by atomic mass is 19.4. The van der Waals surface area contributed by atoms with Crippen LogP contribution >= 0.6 is 0 Å². The van der Waals surface area contributed by atoms with Crippen molar-refractivity contribution in [1.29, 1.82) is 0 Å². The number of aromatic carboxylic acids is 1. The van der Waals surface area contributed by atoms with Gasteiger partial charge in [-0.2, -0.15) is 13.2 Å². The van der Waals surface area contributed by atoms with E-state index in [1.54, 1.807) is 0 Å². The van der Waals surface area contributed by atoms with Gasteiger partial charge in [-0.1, -0.05) is 18.2 Å². The zero-order valence-electron chi connectivity index (χ0n) is 9.78. The minimum Gasteiger partial charge on any atom is -0.478 e. The van der Waals surface area contributed by atoms with Gasteiger partial charge in [0, 0.05) is 11.8 Å². The first-order chi connectivity index (χ1) is 9.30. The fourth-order valence-corrected chi connectivity index (χ4v) is 1.69. The molecule has 7 heteroatoms. The molecule has 0 spiro atoms. The third kappa shape index (κ3) is 2.61. The fourth-order valence-electron chi connectivity index (χ4n) is 1.69. The first kappa shape index (κ1) is 14.0. The summed E-state index contributed by atoms with van der Waals surface area (Å²) < 4.78 is 52.3. The third-order valence-electron chi connectivity index (χ3n) is 2.58. The standard InChI is InChI=1S/C13H7F4NO2/c14-10-5-7(12(19)20)6-18-11(10)8-3-1-2-4-9(8)13(15,16)17/h1-6H,(H,19,20). The number of carboxylic acid groups (broad SMARTS) is 1. The van der Waals surface area contributed by atoms with Crippen LogP contribution in [-0.4, -0.2) is 16.1 Å². The van der Waals surface area contributed by atoms with Crippen molar-refractivity contribution in [1.82, 2.24) is 4.98 Å². The summed E-state index contributed by atoms with van der Waals surface area (Å²) in [6.45, 7) is 0. The number of pyridine rings is 1. The number of carboxylic acids is 1. The molecule has 0 atom stereocenters. The summed E-state index contributed by atoms with van der Waals surface area (Å²) in [6.07, 6.45) is -3.84. The molecule has 0 bridgehead atoms. The Kier molecular flexibility index (Phi) is 3.44. The minimum atomic E-state index is -4.66. The SMILES string of the molecule is O=C(O)c1cnc(-c2ccccc2C(F)(F)F)c(F)c1. The van der Waals surface area contributed by atoms with Crippen molar-refractivity contribution in [3.63, 3.8) is 0 Å². The van der Waals surface area contributed by atoms with Crippen molar-refractivity contribution in [2.24, 2.45) is 0 Å². The topological polar surface area (TPSA) is 50.2 Å². The largest absolute Gasteiger partial charge is 0.478 e. The minimum absolute atomic E-state index is 0.435. The highest BCUT2D eigenvalue weighted by molar-refractivity contribution is 5.87. The Labute approximate surface area is 110 Å². The lowest BCUT2D eigenvalue weighted by molar-refractivity contribution is -0.137. The van der Waals surface area contributed by atoms with E-state index in [2.05, 4.69) is 4.98 Å². The maximum absolute atomic E-state index is 13.8. The molecule has 0 unspecified atom stereocenters. The Morgan fingerprint density at radius 2 is 1.85 bits per heavy atom. The number of benzene rings is 1. The molecule has 0 aliphatic rings. The first-order valence-corrected chi connectivity index (χ1v) is 5.36. The van der Waals surface area contributed by atoms with E-state index < -0.39 is 40.3 Å². The van der Waals surface area contributed by atoms with Crippen molar-refractivity contribution >= 4 is 5.97 Å². The normalized spacial score (nSPS) is 11.4. The molecule has 0 saturated carbocycles. The number of alkyl halides is 3. The van der Waals surface area contributed by atoms with Gasteiger partial charge in [0.25, 0.3) is 0 Å². The summed E-state index contributed by atoms with van der Waals surface area (Å²) in [4.78, 5) is 14.1. The summed E-state index contributed by atoms with van der Waals surface area (Å²) in [5.41, 5.74) is -2.44. The van der Waals surface area contributed by atoms with Crippen molar-refractivity contribution < 1.29 is 27.5 Å². The molecule has 1 heterocycles. The molecule has 2 aromatic rings. The second-order valence-corrected chi connectivity index (χ2v) is 3.90. The van der Waals surface area contributed by atoms with E-state index in [-0.39, 0.29) is 0 Å². The van der Waals surface area contributed by atoms with Gasteiger partial charge in [-0.05, 0) is 12.1 Å². The van der Waals surface area contributed by atoms with Gasteiger partial charge in [0.15, 0.2) is 0 Å². The maximum Gasteiger partial charge on any atom is 0.417 e. The van der Waals surface area contributed by atoms with Gasteiger partial charge in [0.05, 0.1) is 11.1 Å². The van der Waals surface area contributed by atoms with Crippen LogP contribution in [0.4, 0.5) is 17.6 Å². The van der Waals surface area contributed by atoms with Crippen molar-refractivity contribution in [2.45, 2.75) is 6.18 Å². The lowest BCUT2D eigenvalue weighted by Crippen LogP contribution is -2.08. The molecule has 2 rings (SSSR count). The zero-order chi connectivity index (χ0) is 14.9. The van der Waals surface area contributed by atoms with Gasteiger partial charge in [0.2, 0.25) is 0 Å². The van der Waals surface area contributed by atoms with E-state index in [0.29, 0.717) is 6.07 Å². The summed E-state index contributed by atoms with van der Waals surface area (Å²) >= 11 is 0. The first-order valence-electron chi connectivity index (χ1n) is 5.36. The van der Waals surface area contributed by atoms with E-state index in [1.807, 2.05) is 0 Å². The predicted molar refractivity (Wildman–Crippen MR) is 61.6 cm³/mol. The molecule has 0 aliphatic carbocycles. The van der Waals surface area contributed by atoms with Gasteiger partial charge in [0.1, 0.15) is 11.5 Å². The van der Waals surface area contributed by atoms with Gasteiger partial charge in [-0.25, -0.2) is 9.18 Å². The van der Waals surface area contributed by atoms with Crippen LogP contribution in [0.15, 0.2) is 36.5 Å². The average molecular weight is 285 g/mol. The van der Waals surface area contributed by atoms with Crippen molar-refractivity contribution in [3.05, 3.63) is 53.5 Å². The molecule has 0 saturated heterocycles. The Morgan fingerprint density at radius 1 is 1.20 bits per heavy atom. The zero-order valence-corrected chi connectivity index (χ0v) is 9.78. The van der Waals surface area contributed by atoms with Crippen LogP contribution in [0.25, 0.3) is 11.3 Å². The molecule has 104 valence electrons. The maximum atomic E-state index is 13.8. The molecule has 0 radical (unpaired) electrons. The number of hydrogen-bond donors (Lipinski definition) is 1. The van der Waals surface area contributed by atoms with Gasteiger partial charge in [-0.15, -0.1) is 0 Å². The molecule has 20 heavy (non-hydrogen) atoms. The number of rotatable bonds is 2. The predicted octanol–water partition coefficient (Wildman–Crippen LogP) is 3.60. The quantitative estimate of drug-likeness (QED) is 0.858. The molecular weight excluding hydrogens is 278 g/mol. The molecule has 1 aromatic heterocycles. The van der Waals surface area contributed by atoms with Crippen LogP contribution in [0.3, 0.4) is 0 Å². The van der Waals surface area contributed by atoms with Crippen molar-refractivity contribution in [3.8, 4) is 11.3 Å². The summed E-state index contributed by atoms with van der Waals surface area (Å²) in [7, 11) is 0. The number of halogens is 4. The molecule has 0 fully saturated rings. The molecule has 0 aliphatic heterocycles. The Balaban J connectivity index is 2.61. The monoisotopic (exact) mass is 285 g/mol. The van der Waals surface area contributed by atoms with Gasteiger partial charge >= 0.3 is 12.1 Å². The smallest absolute Gasteiger partial charge is 0.417 e. The van der Waals surface area contributed by atoms with Crippen LogP contribution in [0.2, 0.25) is 0 Å². The van der Waals surface area contributed by atoms with E-state index >= 15 is 0 Å². The number of aromatic nitrogens is 1. The van der Waals surface area contributed by atoms with Crippen LogP contribution < -0.4 is 0 Å². The highest BCUT2D eigenvalue weighted by Gasteiger charge is 2.34. The highest BCUT2D eigenvalue weighted by Crippen LogP contribution is 2.36. The molecule has 1 aromatic carbocycles. The number of nitrogens with zero attached hydrogens (tertiary/aromatic N) is 1. The second-order valence-electron chi connectivity index (χ2n) is 3.90. The Hall–Kier alpha value is -2.44. The molecule has 1 N–H and O–H groups in total. The van der Waals surface area contributed by atoms with Gasteiger partial charge in [-0.3, -0.25) is 4.98 Å². The second kappa shape index (κ2) is 4.92. The van der Waals surface area contributed by atoms with Crippen LogP contribution in [0.1, 0.15) is 15.9 Å². The lowest BCUT2D eigenvalue weighted by atomic mass is 10.0. The van der Waals surface area contributed by atoms with E-state index in [9.17, 15) is 22.4 Å².